The largest absolute Gasteiger partial charge is 0.497 e. The van der Waals surface area contributed by atoms with Crippen molar-refractivity contribution in [3.8, 4) is 5.75 Å². The molecule has 0 bridgehead atoms. The number of carbonyl (C=O) groups is 2. The van der Waals surface area contributed by atoms with Crippen molar-refractivity contribution in [3.05, 3.63) is 59.7 Å². The predicted molar refractivity (Wildman–Crippen MR) is 122 cm³/mol. The van der Waals surface area contributed by atoms with Crippen LogP contribution in [0.1, 0.15) is 30.4 Å². The van der Waals surface area contributed by atoms with Gasteiger partial charge in [-0.1, -0.05) is 30.3 Å². The molecular weight excluding hydrogens is 406 g/mol. The topological polar surface area (TPSA) is 82.1 Å². The molecule has 4 rings (SSSR count). The molecule has 0 radical (unpaired) electrons. The number of nitrogens with zero attached hydrogens (tertiary/aromatic N) is 2. The van der Waals surface area contributed by atoms with Crippen LogP contribution in [0.15, 0.2) is 48.5 Å². The number of anilines is 1. The van der Waals surface area contributed by atoms with Crippen molar-refractivity contribution >= 4 is 17.5 Å². The first-order chi connectivity index (χ1) is 15.5. The van der Waals surface area contributed by atoms with E-state index in [9.17, 15) is 14.7 Å². The van der Waals surface area contributed by atoms with Crippen LogP contribution < -0.4 is 15.0 Å². The number of piperidine rings is 1. The smallest absolute Gasteiger partial charge is 0.227 e. The number of likely N-dealkylation sites (tertiary alicyclic amines) is 1. The first-order valence-corrected chi connectivity index (χ1v) is 11.2. The first-order valence-electron chi connectivity index (χ1n) is 11.2. The van der Waals surface area contributed by atoms with Crippen molar-refractivity contribution in [2.45, 2.75) is 38.5 Å². The summed E-state index contributed by atoms with van der Waals surface area (Å²) in [5, 5.41) is 12.6. The highest BCUT2D eigenvalue weighted by molar-refractivity contribution is 6.00. The number of ether oxygens (including phenoxy) is 1. The fraction of sp³-hybridized carbons (Fsp3) is 0.440. The second kappa shape index (κ2) is 10.1. The summed E-state index contributed by atoms with van der Waals surface area (Å²) in [4.78, 5) is 29.2. The highest BCUT2D eigenvalue weighted by atomic mass is 16.5. The van der Waals surface area contributed by atoms with E-state index in [1.807, 2.05) is 36.4 Å². The van der Waals surface area contributed by atoms with Crippen LogP contribution >= 0.6 is 0 Å². The molecule has 0 saturated carbocycles. The molecule has 2 aromatic carbocycles. The van der Waals surface area contributed by atoms with Crippen LogP contribution in [0.5, 0.6) is 5.75 Å². The Morgan fingerprint density at radius 3 is 2.56 bits per heavy atom. The zero-order valence-electron chi connectivity index (χ0n) is 18.5. The van der Waals surface area contributed by atoms with Gasteiger partial charge in [-0.3, -0.25) is 14.5 Å². The van der Waals surface area contributed by atoms with Crippen LogP contribution in [0.25, 0.3) is 0 Å². The lowest BCUT2D eigenvalue weighted by Crippen LogP contribution is -2.35. The number of benzene rings is 2. The number of aliphatic hydroxyl groups excluding tert-OH is 1. The van der Waals surface area contributed by atoms with Gasteiger partial charge >= 0.3 is 0 Å². The van der Waals surface area contributed by atoms with E-state index in [1.54, 1.807) is 12.0 Å². The van der Waals surface area contributed by atoms with Gasteiger partial charge in [0.2, 0.25) is 11.8 Å². The van der Waals surface area contributed by atoms with Crippen molar-refractivity contribution in [1.82, 2.24) is 10.2 Å². The summed E-state index contributed by atoms with van der Waals surface area (Å²) >= 11 is 0. The van der Waals surface area contributed by atoms with Crippen LogP contribution in [-0.4, -0.2) is 54.7 Å². The van der Waals surface area contributed by atoms with Crippen molar-refractivity contribution in [2.24, 2.45) is 5.92 Å². The second-order valence-electron chi connectivity index (χ2n) is 8.65. The van der Waals surface area contributed by atoms with Crippen molar-refractivity contribution in [3.63, 3.8) is 0 Å². The number of nitrogens with one attached hydrogen (secondary N) is 1. The summed E-state index contributed by atoms with van der Waals surface area (Å²) in [5.74, 6) is 0.180. The summed E-state index contributed by atoms with van der Waals surface area (Å²) < 4.78 is 5.24. The Bertz CT molecular complexity index is 938. The lowest BCUT2D eigenvalue weighted by molar-refractivity contribution is -0.126. The third-order valence-corrected chi connectivity index (χ3v) is 6.31. The van der Waals surface area contributed by atoms with Gasteiger partial charge in [0.15, 0.2) is 0 Å². The zero-order valence-corrected chi connectivity index (χ0v) is 18.5. The molecule has 7 heteroatoms. The van der Waals surface area contributed by atoms with E-state index in [0.717, 1.165) is 43.7 Å². The lowest BCUT2D eigenvalue weighted by Gasteiger charge is -2.29. The van der Waals surface area contributed by atoms with E-state index in [2.05, 4.69) is 22.3 Å². The van der Waals surface area contributed by atoms with E-state index >= 15 is 0 Å². The molecule has 1 unspecified atom stereocenters. The number of aliphatic hydroxyl groups is 1. The summed E-state index contributed by atoms with van der Waals surface area (Å²) in [7, 11) is 1.59. The van der Waals surface area contributed by atoms with Gasteiger partial charge in [-0.25, -0.2) is 0 Å². The van der Waals surface area contributed by atoms with E-state index in [0.29, 0.717) is 18.8 Å². The quantitative estimate of drug-likeness (QED) is 0.695. The van der Waals surface area contributed by atoms with E-state index < -0.39 is 0 Å². The average molecular weight is 438 g/mol. The Morgan fingerprint density at radius 1 is 1.12 bits per heavy atom. The Hall–Kier alpha value is -2.90. The van der Waals surface area contributed by atoms with Gasteiger partial charge in [0.05, 0.1) is 19.1 Å². The van der Waals surface area contributed by atoms with E-state index in [1.165, 1.54) is 5.56 Å². The Labute approximate surface area is 189 Å². The molecule has 2 aromatic rings. The van der Waals surface area contributed by atoms with Gasteiger partial charge in [0, 0.05) is 50.9 Å². The minimum Gasteiger partial charge on any atom is -0.497 e. The third kappa shape index (κ3) is 5.47. The summed E-state index contributed by atoms with van der Waals surface area (Å²) in [6, 6.07) is 15.6. The Balaban J connectivity index is 1.27. The average Bonchev–Trinajstić information content (AvgIpc) is 3.21. The fourth-order valence-corrected chi connectivity index (χ4v) is 4.34. The number of carbonyl (C=O) groups excluding carboxylic acids is 2. The molecule has 2 heterocycles. The van der Waals surface area contributed by atoms with Crippen LogP contribution in [0.2, 0.25) is 0 Å². The minimum absolute atomic E-state index is 0.0482. The summed E-state index contributed by atoms with van der Waals surface area (Å²) in [6.07, 6.45) is 1.73. The molecule has 2 saturated heterocycles. The molecule has 32 heavy (non-hydrogen) atoms. The molecule has 7 nitrogen and oxygen atoms in total. The predicted octanol–water partition coefficient (Wildman–Crippen LogP) is 2.32. The van der Waals surface area contributed by atoms with Gasteiger partial charge in [-0.05, 0) is 36.1 Å². The zero-order chi connectivity index (χ0) is 22.5. The summed E-state index contributed by atoms with van der Waals surface area (Å²) in [5.41, 5.74) is 3.01. The summed E-state index contributed by atoms with van der Waals surface area (Å²) in [6.45, 7) is 3.54. The van der Waals surface area contributed by atoms with Gasteiger partial charge in [0.25, 0.3) is 0 Å². The van der Waals surface area contributed by atoms with Crippen LogP contribution in [0, 0.1) is 5.92 Å². The lowest BCUT2D eigenvalue weighted by atomic mass is 10.1. The molecule has 0 aliphatic carbocycles. The van der Waals surface area contributed by atoms with Gasteiger partial charge < -0.3 is 20.1 Å². The Morgan fingerprint density at radius 2 is 1.84 bits per heavy atom. The highest BCUT2D eigenvalue weighted by Gasteiger charge is 2.35. The fourth-order valence-electron chi connectivity index (χ4n) is 4.34. The number of rotatable bonds is 7. The number of methoxy groups -OCH3 is 1. The maximum Gasteiger partial charge on any atom is 0.227 e. The number of hydrogen-bond donors (Lipinski definition) is 2. The van der Waals surface area contributed by atoms with Gasteiger partial charge in [-0.15, -0.1) is 0 Å². The van der Waals surface area contributed by atoms with E-state index in [-0.39, 0.29) is 30.3 Å². The third-order valence-electron chi connectivity index (χ3n) is 6.31. The van der Waals surface area contributed by atoms with Crippen molar-refractivity contribution < 1.29 is 19.4 Å². The van der Waals surface area contributed by atoms with E-state index in [4.69, 9.17) is 4.74 Å². The van der Waals surface area contributed by atoms with Crippen LogP contribution in [0.4, 0.5) is 5.69 Å². The maximum atomic E-state index is 12.7. The number of hydrogen-bond acceptors (Lipinski definition) is 5. The molecule has 2 fully saturated rings. The minimum atomic E-state index is -0.359. The normalized spacial score (nSPS) is 19.9. The first kappa shape index (κ1) is 22.3. The monoisotopic (exact) mass is 437 g/mol. The molecule has 170 valence electrons. The van der Waals surface area contributed by atoms with Crippen LogP contribution in [0.3, 0.4) is 0 Å². The maximum absolute atomic E-state index is 12.7. The molecule has 1 atom stereocenters. The molecule has 0 aromatic heterocycles. The van der Waals surface area contributed by atoms with Crippen molar-refractivity contribution in [1.29, 1.82) is 0 Å². The second-order valence-corrected chi connectivity index (χ2v) is 8.65. The SMILES string of the molecule is COc1cccc(N2CC(C(=O)NCc3ccc(CN4CCC(O)CC4)cc3)CC2=O)c1. The molecule has 2 amide bonds. The molecule has 2 aliphatic rings. The molecular formula is C25H31N3O4. The molecule has 0 spiro atoms. The number of amides is 2. The van der Waals surface area contributed by atoms with Gasteiger partial charge in [0.1, 0.15) is 5.75 Å². The molecule has 2 N–H and O–H groups in total. The van der Waals surface area contributed by atoms with Crippen LogP contribution in [-0.2, 0) is 22.7 Å². The van der Waals surface area contributed by atoms with Gasteiger partial charge in [-0.2, -0.15) is 0 Å². The van der Waals surface area contributed by atoms with Crippen molar-refractivity contribution in [2.75, 3.05) is 31.6 Å². The Kier molecular flexibility index (Phi) is 7.07. The standard InChI is InChI=1S/C25H31N3O4/c1-32-23-4-2-3-21(14-23)28-17-20(13-24(28)30)25(31)26-15-18-5-7-19(8-6-18)16-27-11-9-22(29)10-12-27/h2-8,14,20,22,29H,9-13,15-17H2,1H3,(H,26,31). The molecule has 2 aliphatic heterocycles. The highest BCUT2D eigenvalue weighted by Crippen LogP contribution is 2.28.